The molecule has 0 aliphatic heterocycles. The lowest BCUT2D eigenvalue weighted by molar-refractivity contribution is 0.727. The summed E-state index contributed by atoms with van der Waals surface area (Å²) in [4.78, 5) is 2.18. The minimum atomic E-state index is 0.806. The molecule has 3 heteroatoms. The third-order valence-electron chi connectivity index (χ3n) is 3.54. The normalized spacial score (nSPS) is 10.7. The first kappa shape index (κ1) is 15.9. The number of benzene rings is 2. The Labute approximate surface area is 132 Å². The maximum Gasteiger partial charge on any atom is 0.0642 e. The zero-order valence-corrected chi connectivity index (χ0v) is 13.7. The van der Waals surface area contributed by atoms with Crippen molar-refractivity contribution in [3.05, 3.63) is 64.2 Å². The van der Waals surface area contributed by atoms with Crippen LogP contribution in [0.1, 0.15) is 23.6 Å². The van der Waals surface area contributed by atoms with E-state index in [0.29, 0.717) is 0 Å². The summed E-state index contributed by atoms with van der Waals surface area (Å²) in [5.41, 5.74) is 4.86. The van der Waals surface area contributed by atoms with Gasteiger partial charge < -0.3 is 10.2 Å². The quantitative estimate of drug-likeness (QED) is 0.851. The van der Waals surface area contributed by atoms with Gasteiger partial charge in [0.15, 0.2) is 0 Å². The summed E-state index contributed by atoms with van der Waals surface area (Å²) in [5.74, 6) is 0. The van der Waals surface area contributed by atoms with Crippen molar-refractivity contribution in [3.63, 3.8) is 0 Å². The van der Waals surface area contributed by atoms with E-state index in [4.69, 9.17) is 11.6 Å². The molecule has 1 N–H and O–H groups in total. The number of nitrogens with zero attached hydrogens (tertiary/aromatic N) is 1. The molecule has 0 heterocycles. The summed E-state index contributed by atoms with van der Waals surface area (Å²) in [6.07, 6.45) is 0. The van der Waals surface area contributed by atoms with E-state index in [9.17, 15) is 0 Å². The SMILES string of the molecule is CCNCc1ccc(N(C)Cc2ccc(C)cc2)c(Cl)c1. The van der Waals surface area contributed by atoms with Gasteiger partial charge in [0.05, 0.1) is 10.7 Å². The van der Waals surface area contributed by atoms with E-state index in [1.165, 1.54) is 16.7 Å². The average molecular weight is 303 g/mol. The van der Waals surface area contributed by atoms with Crippen molar-refractivity contribution in [2.75, 3.05) is 18.5 Å². The van der Waals surface area contributed by atoms with Crippen LogP contribution in [-0.4, -0.2) is 13.6 Å². The number of rotatable bonds is 6. The van der Waals surface area contributed by atoms with Gasteiger partial charge in [-0.25, -0.2) is 0 Å². The number of aryl methyl sites for hydroxylation is 1. The first-order chi connectivity index (χ1) is 10.1. The molecular weight excluding hydrogens is 280 g/mol. The van der Waals surface area contributed by atoms with Crippen molar-refractivity contribution in [2.45, 2.75) is 26.9 Å². The van der Waals surface area contributed by atoms with Crippen molar-refractivity contribution < 1.29 is 0 Å². The Balaban J connectivity index is 2.08. The van der Waals surface area contributed by atoms with Crippen molar-refractivity contribution in [3.8, 4) is 0 Å². The summed E-state index contributed by atoms with van der Waals surface area (Å²) in [6.45, 7) is 6.89. The van der Waals surface area contributed by atoms with Crippen LogP contribution in [0, 0.1) is 6.92 Å². The van der Waals surface area contributed by atoms with Crippen LogP contribution in [0.2, 0.25) is 5.02 Å². The molecule has 0 atom stereocenters. The Bertz CT molecular complexity index is 578. The second-order valence-electron chi connectivity index (χ2n) is 5.41. The second-order valence-corrected chi connectivity index (χ2v) is 5.81. The van der Waals surface area contributed by atoms with Gasteiger partial charge in [0.25, 0.3) is 0 Å². The summed E-state index contributed by atoms with van der Waals surface area (Å²) in [5, 5.41) is 4.12. The first-order valence-corrected chi connectivity index (χ1v) is 7.73. The monoisotopic (exact) mass is 302 g/mol. The van der Waals surface area contributed by atoms with E-state index in [2.05, 4.69) is 67.5 Å². The number of nitrogens with one attached hydrogen (secondary N) is 1. The third-order valence-corrected chi connectivity index (χ3v) is 3.85. The summed E-state index contributed by atoms with van der Waals surface area (Å²) in [7, 11) is 2.07. The Morgan fingerprint density at radius 3 is 2.33 bits per heavy atom. The van der Waals surface area contributed by atoms with Crippen LogP contribution in [0.25, 0.3) is 0 Å². The van der Waals surface area contributed by atoms with Crippen LogP contribution in [0.4, 0.5) is 5.69 Å². The van der Waals surface area contributed by atoms with Crippen molar-refractivity contribution in [1.29, 1.82) is 0 Å². The Kier molecular flexibility index (Phi) is 5.66. The largest absolute Gasteiger partial charge is 0.369 e. The van der Waals surface area contributed by atoms with E-state index in [-0.39, 0.29) is 0 Å². The molecule has 0 fully saturated rings. The van der Waals surface area contributed by atoms with Crippen molar-refractivity contribution in [1.82, 2.24) is 5.32 Å². The molecule has 0 aliphatic carbocycles. The summed E-state index contributed by atoms with van der Waals surface area (Å²) >= 11 is 6.43. The fourth-order valence-electron chi connectivity index (χ4n) is 2.29. The highest BCUT2D eigenvalue weighted by atomic mass is 35.5. The van der Waals surface area contributed by atoms with Gasteiger partial charge in [-0.05, 0) is 36.7 Å². The van der Waals surface area contributed by atoms with Crippen LogP contribution >= 0.6 is 11.6 Å². The van der Waals surface area contributed by atoms with Gasteiger partial charge in [0.2, 0.25) is 0 Å². The molecule has 0 bridgehead atoms. The number of hydrogen-bond donors (Lipinski definition) is 1. The molecule has 0 unspecified atom stereocenters. The highest BCUT2D eigenvalue weighted by Crippen LogP contribution is 2.27. The molecule has 0 saturated heterocycles. The van der Waals surface area contributed by atoms with Gasteiger partial charge in [-0.15, -0.1) is 0 Å². The fraction of sp³-hybridized carbons (Fsp3) is 0.333. The lowest BCUT2D eigenvalue weighted by Crippen LogP contribution is -2.17. The van der Waals surface area contributed by atoms with E-state index >= 15 is 0 Å². The van der Waals surface area contributed by atoms with Gasteiger partial charge in [-0.2, -0.15) is 0 Å². The second kappa shape index (κ2) is 7.48. The lowest BCUT2D eigenvalue weighted by atomic mass is 10.1. The molecule has 21 heavy (non-hydrogen) atoms. The maximum atomic E-state index is 6.43. The van der Waals surface area contributed by atoms with E-state index in [1.54, 1.807) is 0 Å². The highest BCUT2D eigenvalue weighted by Gasteiger charge is 2.07. The van der Waals surface area contributed by atoms with Gasteiger partial charge >= 0.3 is 0 Å². The molecule has 2 rings (SSSR count). The van der Waals surface area contributed by atoms with Crippen LogP contribution in [-0.2, 0) is 13.1 Å². The zero-order valence-electron chi connectivity index (χ0n) is 13.0. The van der Waals surface area contributed by atoms with E-state index in [1.807, 2.05) is 6.07 Å². The zero-order chi connectivity index (χ0) is 15.2. The van der Waals surface area contributed by atoms with Gasteiger partial charge in [0.1, 0.15) is 0 Å². The first-order valence-electron chi connectivity index (χ1n) is 7.36. The number of halogens is 1. The molecule has 0 saturated carbocycles. The summed E-state index contributed by atoms with van der Waals surface area (Å²) in [6, 6.07) is 14.9. The van der Waals surface area contributed by atoms with Crippen LogP contribution < -0.4 is 10.2 Å². The highest BCUT2D eigenvalue weighted by molar-refractivity contribution is 6.33. The molecule has 0 aliphatic rings. The fourth-order valence-corrected chi connectivity index (χ4v) is 2.64. The molecule has 2 aromatic carbocycles. The molecule has 0 radical (unpaired) electrons. The predicted molar refractivity (Wildman–Crippen MR) is 92.1 cm³/mol. The minimum absolute atomic E-state index is 0.806. The maximum absolute atomic E-state index is 6.43. The van der Waals surface area contributed by atoms with Crippen molar-refractivity contribution >= 4 is 17.3 Å². The van der Waals surface area contributed by atoms with Crippen LogP contribution in [0.15, 0.2) is 42.5 Å². The average Bonchev–Trinajstić information content (AvgIpc) is 2.47. The number of hydrogen-bond acceptors (Lipinski definition) is 2. The molecule has 2 aromatic rings. The van der Waals surface area contributed by atoms with E-state index in [0.717, 1.165) is 30.3 Å². The molecular formula is C18H23ClN2. The molecule has 112 valence electrons. The van der Waals surface area contributed by atoms with Crippen molar-refractivity contribution in [2.24, 2.45) is 0 Å². The van der Waals surface area contributed by atoms with Gasteiger partial charge in [-0.1, -0.05) is 54.4 Å². The smallest absolute Gasteiger partial charge is 0.0642 e. The molecule has 0 aromatic heterocycles. The number of anilines is 1. The van der Waals surface area contributed by atoms with E-state index < -0.39 is 0 Å². The Morgan fingerprint density at radius 1 is 1.05 bits per heavy atom. The standard InChI is InChI=1S/C18H23ClN2/c1-4-20-12-16-9-10-18(17(19)11-16)21(3)13-15-7-5-14(2)6-8-15/h5-11,20H,4,12-13H2,1-3H3. The third kappa shape index (κ3) is 4.48. The summed E-state index contributed by atoms with van der Waals surface area (Å²) < 4.78 is 0. The Hall–Kier alpha value is -1.51. The Morgan fingerprint density at radius 2 is 1.71 bits per heavy atom. The minimum Gasteiger partial charge on any atom is -0.369 e. The topological polar surface area (TPSA) is 15.3 Å². The lowest BCUT2D eigenvalue weighted by Gasteiger charge is -2.21. The van der Waals surface area contributed by atoms with Gasteiger partial charge in [0, 0.05) is 20.1 Å². The van der Waals surface area contributed by atoms with Crippen LogP contribution in [0.3, 0.4) is 0 Å². The molecule has 0 spiro atoms. The van der Waals surface area contributed by atoms with Gasteiger partial charge in [-0.3, -0.25) is 0 Å². The van der Waals surface area contributed by atoms with Crippen LogP contribution in [0.5, 0.6) is 0 Å². The predicted octanol–water partition coefficient (Wildman–Crippen LogP) is 4.39. The molecule has 2 nitrogen and oxygen atoms in total. The molecule has 0 amide bonds.